The van der Waals surface area contributed by atoms with Gasteiger partial charge in [-0.2, -0.15) is 0 Å². The lowest BCUT2D eigenvalue weighted by molar-refractivity contribution is -0.274. The number of nitrogens with two attached hydrogens (primary N) is 1. The van der Waals surface area contributed by atoms with Crippen LogP contribution in [0.25, 0.3) is 11.3 Å². The summed E-state index contributed by atoms with van der Waals surface area (Å²) in [5, 5.41) is 0. The molecule has 4 aliphatic carbocycles. The molecule has 7 nitrogen and oxygen atoms in total. The van der Waals surface area contributed by atoms with Gasteiger partial charge in [0.1, 0.15) is 5.82 Å². The van der Waals surface area contributed by atoms with Crippen molar-refractivity contribution in [3.8, 4) is 17.0 Å². The first kappa shape index (κ1) is 21.2. The van der Waals surface area contributed by atoms with Gasteiger partial charge in [-0.1, -0.05) is 0 Å². The fourth-order valence-electron chi connectivity index (χ4n) is 6.10. The van der Waals surface area contributed by atoms with E-state index in [1.165, 1.54) is 25.1 Å². The molecule has 3 heterocycles. The lowest BCUT2D eigenvalue weighted by atomic mass is 9.75. The maximum atomic E-state index is 12.8. The first-order chi connectivity index (χ1) is 15.8. The minimum Gasteiger partial charge on any atom is -0.402 e. The van der Waals surface area contributed by atoms with Crippen LogP contribution in [0.3, 0.4) is 0 Å². The predicted molar refractivity (Wildman–Crippen MR) is 115 cm³/mol. The smallest absolute Gasteiger partial charge is 0.402 e. The largest absolute Gasteiger partial charge is 0.573 e. The monoisotopic (exact) mass is 463 g/mol. The van der Waals surface area contributed by atoms with Gasteiger partial charge in [-0.25, -0.2) is 9.97 Å². The number of anilines is 1. The van der Waals surface area contributed by atoms with E-state index >= 15 is 0 Å². The summed E-state index contributed by atoms with van der Waals surface area (Å²) < 4.78 is 50.4. The summed E-state index contributed by atoms with van der Waals surface area (Å²) in [4.78, 5) is 11.4. The third kappa shape index (κ3) is 3.86. The Kier molecular flexibility index (Phi) is 4.88. The van der Waals surface area contributed by atoms with Crippen LogP contribution >= 0.6 is 0 Å². The normalized spacial score (nSPS) is 30.2. The first-order valence-electron chi connectivity index (χ1n) is 11.7. The molecular formula is C23H28F3N5O2. The van der Waals surface area contributed by atoms with Crippen LogP contribution in [-0.4, -0.2) is 57.6 Å². The number of fused-ring (bicyclic) bond motifs is 1. The summed E-state index contributed by atoms with van der Waals surface area (Å²) in [5.41, 5.74) is 6.97. The average molecular weight is 464 g/mol. The first-order valence-corrected chi connectivity index (χ1v) is 11.7. The lowest BCUT2D eigenvalue weighted by Gasteiger charge is -2.47. The van der Waals surface area contributed by atoms with Gasteiger partial charge in [0.25, 0.3) is 0 Å². The molecule has 1 saturated heterocycles. The summed E-state index contributed by atoms with van der Waals surface area (Å²) >= 11 is 0. The summed E-state index contributed by atoms with van der Waals surface area (Å²) in [6.45, 7) is 3.71. The minimum atomic E-state index is -4.83. The van der Waals surface area contributed by atoms with Crippen LogP contribution in [-0.2, 0) is 4.74 Å². The molecule has 10 heteroatoms. The highest BCUT2D eigenvalue weighted by Crippen LogP contribution is 2.61. The van der Waals surface area contributed by atoms with Gasteiger partial charge in [0.05, 0.1) is 12.3 Å². The maximum absolute atomic E-state index is 12.8. The Morgan fingerprint density at radius 1 is 1.15 bits per heavy atom. The molecular weight excluding hydrogens is 435 g/mol. The van der Waals surface area contributed by atoms with Crippen LogP contribution < -0.4 is 10.5 Å². The third-order valence-corrected chi connectivity index (χ3v) is 7.77. The maximum Gasteiger partial charge on any atom is 0.573 e. The molecule has 0 aromatic carbocycles. The summed E-state index contributed by atoms with van der Waals surface area (Å²) in [5.74, 6) is 1.30. The van der Waals surface area contributed by atoms with Gasteiger partial charge in [0.15, 0.2) is 11.6 Å². The Bertz CT molecular complexity index is 1040. The van der Waals surface area contributed by atoms with E-state index < -0.39 is 12.1 Å². The van der Waals surface area contributed by atoms with Gasteiger partial charge in [0, 0.05) is 55.2 Å². The molecule has 2 aromatic rings. The zero-order valence-electron chi connectivity index (χ0n) is 18.4. The topological polar surface area (TPSA) is 78.4 Å². The predicted octanol–water partition coefficient (Wildman–Crippen LogP) is 4.12. The molecule has 178 valence electrons. The Morgan fingerprint density at radius 3 is 2.73 bits per heavy atom. The van der Waals surface area contributed by atoms with Crippen molar-refractivity contribution >= 4 is 5.82 Å². The third-order valence-electron chi connectivity index (χ3n) is 7.77. The van der Waals surface area contributed by atoms with Crippen molar-refractivity contribution in [3.63, 3.8) is 0 Å². The molecule has 1 atom stereocenters. The van der Waals surface area contributed by atoms with E-state index in [1.807, 2.05) is 6.20 Å². The molecule has 0 unspecified atom stereocenters. The summed E-state index contributed by atoms with van der Waals surface area (Å²) in [6.07, 6.45) is 5.41. The Hall–Kier alpha value is -2.33. The van der Waals surface area contributed by atoms with Crippen LogP contribution in [0.5, 0.6) is 5.75 Å². The SMILES string of the molecule is Nc1ncc(-c2cn([C@H]3CC4(N5CCCOCC5)CC3C4)c(C3CC3)n2)cc1OC(F)(F)F. The van der Waals surface area contributed by atoms with Crippen LogP contribution in [0, 0.1) is 5.92 Å². The van der Waals surface area contributed by atoms with Crippen LogP contribution in [0.2, 0.25) is 0 Å². The standard InChI is InChI=1S/C23H28F3N5O2/c24-23(25,26)33-19-8-15(12-28-20(19)27)17-13-31(21(29-17)14-2-3-14)18-11-22(9-16(18)10-22)30-4-1-6-32-7-5-30/h8,12-14,16,18H,1-7,9-11H2,(H2,27,28)/t16?,18-,22?/m0/s1. The Morgan fingerprint density at radius 2 is 1.97 bits per heavy atom. The Balaban J connectivity index is 1.29. The minimum absolute atomic E-state index is 0.255. The number of halogens is 3. The number of aromatic nitrogens is 3. The second-order valence-electron chi connectivity index (χ2n) is 9.94. The molecule has 33 heavy (non-hydrogen) atoms. The summed E-state index contributed by atoms with van der Waals surface area (Å²) in [6, 6.07) is 1.66. The number of hydrogen-bond donors (Lipinski definition) is 1. The van der Waals surface area contributed by atoms with E-state index in [0.717, 1.165) is 57.8 Å². The van der Waals surface area contributed by atoms with E-state index in [4.69, 9.17) is 15.5 Å². The molecule has 4 saturated carbocycles. The number of hydrogen-bond acceptors (Lipinski definition) is 6. The van der Waals surface area contributed by atoms with Gasteiger partial charge in [-0.3, -0.25) is 4.90 Å². The van der Waals surface area contributed by atoms with Gasteiger partial charge in [-0.15, -0.1) is 13.2 Å². The van der Waals surface area contributed by atoms with E-state index in [0.29, 0.717) is 29.1 Å². The molecule has 0 radical (unpaired) electrons. The second-order valence-corrected chi connectivity index (χ2v) is 9.94. The van der Waals surface area contributed by atoms with Crippen LogP contribution in [0.4, 0.5) is 19.0 Å². The summed E-state index contributed by atoms with van der Waals surface area (Å²) in [7, 11) is 0. The highest BCUT2D eigenvalue weighted by molar-refractivity contribution is 5.64. The van der Waals surface area contributed by atoms with Crippen molar-refractivity contribution in [3.05, 3.63) is 24.3 Å². The number of ether oxygens (including phenoxy) is 2. The molecule has 2 N–H and O–H groups in total. The van der Waals surface area contributed by atoms with Gasteiger partial charge in [-0.05, 0) is 50.5 Å². The zero-order valence-corrected chi connectivity index (χ0v) is 18.4. The molecule has 7 rings (SSSR count). The molecule has 5 aliphatic rings. The highest BCUT2D eigenvalue weighted by atomic mass is 19.4. The van der Waals surface area contributed by atoms with E-state index in [-0.39, 0.29) is 11.4 Å². The second kappa shape index (κ2) is 7.59. The van der Waals surface area contributed by atoms with Gasteiger partial charge >= 0.3 is 6.36 Å². The van der Waals surface area contributed by atoms with Crippen molar-refractivity contribution < 1.29 is 22.6 Å². The zero-order chi connectivity index (χ0) is 22.8. The van der Waals surface area contributed by atoms with Gasteiger partial charge < -0.3 is 19.8 Å². The van der Waals surface area contributed by atoms with Crippen molar-refractivity contribution in [2.45, 2.75) is 62.4 Å². The van der Waals surface area contributed by atoms with Crippen molar-refractivity contribution in [2.24, 2.45) is 5.92 Å². The average Bonchev–Trinajstić information content (AvgIpc) is 3.34. The fourth-order valence-corrected chi connectivity index (χ4v) is 6.10. The number of pyridine rings is 1. The lowest BCUT2D eigenvalue weighted by Crippen LogP contribution is -2.53. The van der Waals surface area contributed by atoms with E-state index in [2.05, 4.69) is 19.2 Å². The van der Waals surface area contributed by atoms with Crippen LogP contribution in [0.15, 0.2) is 18.5 Å². The molecule has 0 spiro atoms. The molecule has 2 bridgehead atoms. The number of alkyl halides is 3. The van der Waals surface area contributed by atoms with E-state index in [1.54, 1.807) is 0 Å². The molecule has 0 amide bonds. The number of nitrogen functional groups attached to an aromatic ring is 1. The van der Waals surface area contributed by atoms with Crippen molar-refractivity contribution in [1.82, 2.24) is 19.4 Å². The molecule has 1 aliphatic heterocycles. The number of nitrogens with zero attached hydrogens (tertiary/aromatic N) is 4. The van der Waals surface area contributed by atoms with Gasteiger partial charge in [0.2, 0.25) is 0 Å². The van der Waals surface area contributed by atoms with Crippen LogP contribution in [0.1, 0.15) is 56.3 Å². The number of rotatable bonds is 5. The number of imidazole rings is 1. The van der Waals surface area contributed by atoms with E-state index in [9.17, 15) is 13.2 Å². The molecule has 2 aromatic heterocycles. The van der Waals surface area contributed by atoms with Crippen molar-refractivity contribution in [2.75, 3.05) is 32.0 Å². The van der Waals surface area contributed by atoms with Crippen molar-refractivity contribution in [1.29, 1.82) is 0 Å². The fraction of sp³-hybridized carbons (Fsp3) is 0.652. The molecule has 5 fully saturated rings. The quantitative estimate of drug-likeness (QED) is 0.719. The Labute approximate surface area is 190 Å². The highest BCUT2D eigenvalue weighted by Gasteiger charge is 2.59.